The average Bonchev–Trinajstić information content (AvgIpc) is 3.06. The van der Waals surface area contributed by atoms with Gasteiger partial charge in [0, 0.05) is 19.0 Å². The highest BCUT2D eigenvalue weighted by molar-refractivity contribution is 7.89. The molecule has 2 heterocycles. The third-order valence-electron chi connectivity index (χ3n) is 5.53. The molecule has 0 saturated carbocycles. The van der Waals surface area contributed by atoms with Crippen molar-refractivity contribution in [3.8, 4) is 0 Å². The minimum Gasteiger partial charge on any atom is -0.466 e. The van der Waals surface area contributed by atoms with Crippen LogP contribution >= 0.6 is 0 Å². The van der Waals surface area contributed by atoms with Gasteiger partial charge in [-0.05, 0) is 69.9 Å². The first-order chi connectivity index (χ1) is 14.1. The summed E-state index contributed by atoms with van der Waals surface area (Å²) in [6, 6.07) is 6.70. The maximum absolute atomic E-state index is 12.9. The lowest BCUT2D eigenvalue weighted by Gasteiger charge is -2.30. The van der Waals surface area contributed by atoms with Crippen LogP contribution in [0.1, 0.15) is 45.8 Å². The second-order valence-corrected chi connectivity index (χ2v) is 9.63. The van der Waals surface area contributed by atoms with E-state index < -0.39 is 15.9 Å². The van der Waals surface area contributed by atoms with Crippen molar-refractivity contribution in [3.05, 3.63) is 52.5 Å². The molecule has 0 unspecified atom stereocenters. The molecule has 1 aliphatic rings. The topological polar surface area (TPSA) is 109 Å². The van der Waals surface area contributed by atoms with E-state index in [2.05, 4.69) is 10.9 Å². The summed E-state index contributed by atoms with van der Waals surface area (Å²) in [4.78, 5) is 24.9. The number of rotatable bonds is 4. The van der Waals surface area contributed by atoms with E-state index in [0.717, 1.165) is 11.1 Å². The van der Waals surface area contributed by atoms with Crippen molar-refractivity contribution < 1.29 is 22.4 Å². The van der Waals surface area contributed by atoms with Gasteiger partial charge in [0.1, 0.15) is 11.5 Å². The maximum Gasteiger partial charge on any atom is 0.273 e. The van der Waals surface area contributed by atoms with Crippen molar-refractivity contribution in [3.63, 3.8) is 0 Å². The van der Waals surface area contributed by atoms with Gasteiger partial charge in [-0.25, -0.2) is 8.42 Å². The van der Waals surface area contributed by atoms with Crippen LogP contribution in [0.5, 0.6) is 0 Å². The summed E-state index contributed by atoms with van der Waals surface area (Å²) in [6.45, 7) is 7.73. The molecule has 3 rings (SSSR count). The van der Waals surface area contributed by atoms with Gasteiger partial charge in [0.05, 0.1) is 10.5 Å². The minimum atomic E-state index is -3.59. The maximum atomic E-state index is 12.9. The molecule has 162 valence electrons. The molecule has 2 amide bonds. The first kappa shape index (κ1) is 22.0. The molecule has 1 aliphatic heterocycles. The molecule has 2 aromatic rings. The molecule has 1 aromatic carbocycles. The van der Waals surface area contributed by atoms with Crippen molar-refractivity contribution in [2.45, 2.75) is 45.4 Å². The van der Waals surface area contributed by atoms with Crippen molar-refractivity contribution in [2.75, 3.05) is 13.1 Å². The van der Waals surface area contributed by atoms with E-state index in [1.807, 2.05) is 13.8 Å². The van der Waals surface area contributed by atoms with Gasteiger partial charge in [0.15, 0.2) is 0 Å². The first-order valence-electron chi connectivity index (χ1n) is 9.84. The smallest absolute Gasteiger partial charge is 0.273 e. The molecular weight excluding hydrogens is 406 g/mol. The molecule has 9 heteroatoms. The molecule has 1 fully saturated rings. The Bertz CT molecular complexity index is 1070. The van der Waals surface area contributed by atoms with E-state index in [-0.39, 0.29) is 29.8 Å². The number of sulfonamides is 1. The highest BCUT2D eigenvalue weighted by Crippen LogP contribution is 2.25. The molecule has 8 nitrogen and oxygen atoms in total. The number of hydrogen-bond acceptors (Lipinski definition) is 5. The Morgan fingerprint density at radius 2 is 1.67 bits per heavy atom. The third-order valence-corrected chi connectivity index (χ3v) is 7.42. The first-order valence-corrected chi connectivity index (χ1v) is 11.3. The summed E-state index contributed by atoms with van der Waals surface area (Å²) >= 11 is 0. The number of hydrogen-bond donors (Lipinski definition) is 2. The van der Waals surface area contributed by atoms with Gasteiger partial charge in [-0.1, -0.05) is 6.07 Å². The van der Waals surface area contributed by atoms with Gasteiger partial charge < -0.3 is 4.42 Å². The van der Waals surface area contributed by atoms with Crippen molar-refractivity contribution >= 4 is 21.8 Å². The van der Waals surface area contributed by atoms with Gasteiger partial charge in [0.25, 0.3) is 5.91 Å². The number of furan rings is 1. The molecule has 2 N–H and O–H groups in total. The minimum absolute atomic E-state index is 0.251. The predicted octanol–water partition coefficient (Wildman–Crippen LogP) is 2.38. The Balaban J connectivity index is 1.55. The molecule has 1 aromatic heterocycles. The third kappa shape index (κ3) is 4.57. The van der Waals surface area contributed by atoms with Crippen LogP contribution in [0, 0.1) is 33.6 Å². The molecular formula is C21H27N3O5S. The number of carbonyl (C=O) groups is 2. The molecule has 0 bridgehead atoms. The number of nitrogens with one attached hydrogen (secondary N) is 2. The number of amides is 2. The second kappa shape index (κ2) is 8.61. The zero-order chi connectivity index (χ0) is 22.1. The van der Waals surface area contributed by atoms with E-state index in [1.54, 1.807) is 38.1 Å². The molecule has 0 atom stereocenters. The Morgan fingerprint density at radius 1 is 1.00 bits per heavy atom. The Morgan fingerprint density at radius 3 is 2.23 bits per heavy atom. The Kier molecular flexibility index (Phi) is 6.33. The molecule has 0 radical (unpaired) electrons. The fourth-order valence-electron chi connectivity index (χ4n) is 3.53. The van der Waals surface area contributed by atoms with Gasteiger partial charge in [-0.2, -0.15) is 4.31 Å². The zero-order valence-electron chi connectivity index (χ0n) is 17.6. The fraction of sp³-hybridized carbons (Fsp3) is 0.429. The van der Waals surface area contributed by atoms with Crippen LogP contribution in [-0.2, 0) is 14.8 Å². The number of benzene rings is 1. The quantitative estimate of drug-likeness (QED) is 0.720. The van der Waals surface area contributed by atoms with Gasteiger partial charge >= 0.3 is 0 Å². The van der Waals surface area contributed by atoms with Crippen LogP contribution in [0.15, 0.2) is 33.6 Å². The molecule has 1 saturated heterocycles. The highest BCUT2D eigenvalue weighted by atomic mass is 32.2. The average molecular weight is 434 g/mol. The van der Waals surface area contributed by atoms with Crippen molar-refractivity contribution in [1.82, 2.24) is 15.2 Å². The Labute approximate surface area is 176 Å². The van der Waals surface area contributed by atoms with Crippen LogP contribution in [0.4, 0.5) is 0 Å². The lowest BCUT2D eigenvalue weighted by atomic mass is 9.98. The van der Waals surface area contributed by atoms with E-state index in [0.29, 0.717) is 29.9 Å². The fourth-order valence-corrected chi connectivity index (χ4v) is 5.08. The molecule has 0 spiro atoms. The van der Waals surface area contributed by atoms with E-state index in [4.69, 9.17) is 4.42 Å². The summed E-state index contributed by atoms with van der Waals surface area (Å²) in [5, 5.41) is 0. The van der Waals surface area contributed by atoms with Crippen LogP contribution in [0.25, 0.3) is 0 Å². The second-order valence-electron chi connectivity index (χ2n) is 7.69. The summed E-state index contributed by atoms with van der Waals surface area (Å²) in [7, 11) is -3.59. The van der Waals surface area contributed by atoms with E-state index in [9.17, 15) is 18.0 Å². The lowest BCUT2D eigenvalue weighted by molar-refractivity contribution is -0.126. The highest BCUT2D eigenvalue weighted by Gasteiger charge is 2.32. The summed E-state index contributed by atoms with van der Waals surface area (Å²) in [5.41, 5.74) is 7.15. The normalized spacial score (nSPS) is 15.7. The molecule has 30 heavy (non-hydrogen) atoms. The zero-order valence-corrected chi connectivity index (χ0v) is 18.4. The molecule has 0 aliphatic carbocycles. The summed E-state index contributed by atoms with van der Waals surface area (Å²) < 4.78 is 32.5. The number of hydrazine groups is 1. The number of aryl methyl sites for hydroxylation is 4. The van der Waals surface area contributed by atoms with E-state index >= 15 is 0 Å². The monoisotopic (exact) mass is 433 g/mol. The van der Waals surface area contributed by atoms with Crippen molar-refractivity contribution in [2.24, 2.45) is 5.92 Å². The van der Waals surface area contributed by atoms with Crippen LogP contribution in [-0.4, -0.2) is 37.6 Å². The van der Waals surface area contributed by atoms with Gasteiger partial charge in [-0.3, -0.25) is 20.4 Å². The summed E-state index contributed by atoms with van der Waals surface area (Å²) in [6.07, 6.45) is 0.769. The van der Waals surface area contributed by atoms with Gasteiger partial charge in [0.2, 0.25) is 15.9 Å². The largest absolute Gasteiger partial charge is 0.466 e. The Hall–Kier alpha value is -2.65. The van der Waals surface area contributed by atoms with Gasteiger partial charge in [-0.15, -0.1) is 0 Å². The standard InChI is InChI=1S/C21H27N3O5S/c1-13-5-6-18(11-14(13)2)30(27,28)24-9-7-17(8-10-24)20(25)22-23-21(26)19-12-15(3)29-16(19)4/h5-6,11-12,17H,7-10H2,1-4H3,(H,22,25)(H,23,26). The lowest BCUT2D eigenvalue weighted by Crippen LogP contribution is -2.48. The number of piperidine rings is 1. The number of carbonyl (C=O) groups excluding carboxylic acids is 2. The van der Waals surface area contributed by atoms with Crippen LogP contribution in [0.2, 0.25) is 0 Å². The van der Waals surface area contributed by atoms with Crippen molar-refractivity contribution in [1.29, 1.82) is 0 Å². The van der Waals surface area contributed by atoms with Crippen LogP contribution in [0.3, 0.4) is 0 Å². The van der Waals surface area contributed by atoms with Crippen LogP contribution < -0.4 is 10.9 Å². The summed E-state index contributed by atoms with van der Waals surface area (Å²) in [5.74, 6) is -0.0639. The number of nitrogens with zero attached hydrogens (tertiary/aromatic N) is 1. The predicted molar refractivity (Wildman–Crippen MR) is 111 cm³/mol. The SMILES string of the molecule is Cc1cc(C(=O)NNC(=O)C2CCN(S(=O)(=O)c3ccc(C)c(C)c3)CC2)c(C)o1. The van der Waals surface area contributed by atoms with E-state index in [1.165, 1.54) is 4.31 Å².